The van der Waals surface area contributed by atoms with Crippen LogP contribution in [0.4, 0.5) is 0 Å². The molecule has 0 aliphatic heterocycles. The van der Waals surface area contributed by atoms with Crippen LogP contribution in [0.2, 0.25) is 10.0 Å². The van der Waals surface area contributed by atoms with E-state index < -0.39 is 5.97 Å². The van der Waals surface area contributed by atoms with Crippen LogP contribution >= 0.6 is 23.2 Å². The van der Waals surface area contributed by atoms with E-state index in [0.29, 0.717) is 27.7 Å². The van der Waals surface area contributed by atoms with Crippen molar-refractivity contribution in [2.24, 2.45) is 0 Å². The van der Waals surface area contributed by atoms with Crippen molar-refractivity contribution in [3.63, 3.8) is 0 Å². The Bertz CT molecular complexity index is 1760. The van der Waals surface area contributed by atoms with E-state index in [1.807, 2.05) is 73.7 Å². The summed E-state index contributed by atoms with van der Waals surface area (Å²) in [5, 5.41) is 14.5. The van der Waals surface area contributed by atoms with Crippen molar-refractivity contribution in [1.29, 1.82) is 0 Å². The van der Waals surface area contributed by atoms with Crippen LogP contribution in [-0.2, 0) is 6.54 Å². The second-order valence-corrected chi connectivity index (χ2v) is 10.7. The molecule has 0 spiro atoms. The Morgan fingerprint density at radius 2 is 1.65 bits per heavy atom. The smallest absolute Gasteiger partial charge is 0.336 e. The zero-order valence-corrected chi connectivity index (χ0v) is 23.8. The number of carboxylic acid groups (broad SMARTS) is 1. The third kappa shape index (κ3) is 5.23. The van der Waals surface area contributed by atoms with Crippen molar-refractivity contribution in [3.8, 4) is 11.1 Å². The highest BCUT2D eigenvalue weighted by molar-refractivity contribution is 6.42. The summed E-state index contributed by atoms with van der Waals surface area (Å²) in [4.78, 5) is 24.8. The molecule has 0 aliphatic rings. The lowest BCUT2D eigenvalue weighted by Gasteiger charge is -2.16. The normalized spacial score (nSPS) is 11.9. The average Bonchev–Trinajstić information content (AvgIpc) is 3.19. The molecule has 1 amide bonds. The zero-order chi connectivity index (χ0) is 28.6. The van der Waals surface area contributed by atoms with Gasteiger partial charge in [-0.2, -0.15) is 0 Å². The molecule has 0 fully saturated rings. The first-order chi connectivity index (χ1) is 19.2. The Labute approximate surface area is 243 Å². The van der Waals surface area contributed by atoms with Crippen LogP contribution in [0.25, 0.3) is 22.0 Å². The molecule has 40 heavy (non-hydrogen) atoms. The first-order valence-corrected chi connectivity index (χ1v) is 13.7. The number of carbonyl (C=O) groups excluding carboxylic acids is 1. The molecule has 5 aromatic rings. The van der Waals surface area contributed by atoms with Crippen molar-refractivity contribution >= 4 is 46.0 Å². The number of hydrogen-bond acceptors (Lipinski definition) is 2. The number of carbonyl (C=O) groups is 2. The molecule has 2 N–H and O–H groups in total. The average molecular weight is 572 g/mol. The van der Waals surface area contributed by atoms with Gasteiger partial charge in [0.1, 0.15) is 0 Å². The molecule has 5 rings (SSSR count). The number of benzene rings is 4. The van der Waals surface area contributed by atoms with Gasteiger partial charge in [-0.25, -0.2) is 4.79 Å². The van der Waals surface area contributed by atoms with E-state index in [9.17, 15) is 14.7 Å². The molecule has 0 saturated carbocycles. The molecule has 7 heteroatoms. The predicted molar refractivity (Wildman–Crippen MR) is 162 cm³/mol. The summed E-state index contributed by atoms with van der Waals surface area (Å²) >= 11 is 12.5. The molecule has 5 nitrogen and oxygen atoms in total. The molecule has 4 aromatic carbocycles. The van der Waals surface area contributed by atoms with Crippen LogP contribution in [-0.4, -0.2) is 21.6 Å². The maximum atomic E-state index is 13.1. The topological polar surface area (TPSA) is 71.3 Å². The number of halogens is 2. The van der Waals surface area contributed by atoms with Gasteiger partial charge >= 0.3 is 5.97 Å². The molecule has 0 unspecified atom stereocenters. The summed E-state index contributed by atoms with van der Waals surface area (Å²) in [6.07, 6.45) is 0. The number of fused-ring (bicyclic) bond motifs is 1. The fraction of sp³-hybridized carbons (Fsp3) is 0.152. The third-order valence-corrected chi connectivity index (χ3v) is 8.29. The van der Waals surface area contributed by atoms with E-state index >= 15 is 0 Å². The lowest BCUT2D eigenvalue weighted by Crippen LogP contribution is -2.26. The van der Waals surface area contributed by atoms with Gasteiger partial charge in [-0.15, -0.1) is 0 Å². The van der Waals surface area contributed by atoms with E-state index in [-0.39, 0.29) is 17.5 Å². The van der Waals surface area contributed by atoms with Crippen LogP contribution in [0.5, 0.6) is 0 Å². The largest absolute Gasteiger partial charge is 0.478 e. The Kier molecular flexibility index (Phi) is 7.70. The summed E-state index contributed by atoms with van der Waals surface area (Å²) in [5.74, 6) is -1.13. The van der Waals surface area contributed by atoms with Gasteiger partial charge in [0, 0.05) is 28.7 Å². The van der Waals surface area contributed by atoms with Gasteiger partial charge in [-0.05, 0) is 78.9 Å². The number of nitrogens with zero attached hydrogens (tertiary/aromatic N) is 1. The fourth-order valence-corrected chi connectivity index (χ4v) is 5.57. The number of hydrogen-bond donors (Lipinski definition) is 2. The zero-order valence-electron chi connectivity index (χ0n) is 22.3. The van der Waals surface area contributed by atoms with E-state index in [2.05, 4.69) is 23.7 Å². The SMILES string of the molecule is Cc1c(C)n(Cc2ccc(-c3ccccc3C(=O)O)cc2)c2ccc(C(=O)N[C@H](C)c3cccc(Cl)c3Cl)cc12. The summed E-state index contributed by atoms with van der Waals surface area (Å²) < 4.78 is 2.24. The molecule has 1 heterocycles. The molecule has 0 bridgehead atoms. The minimum absolute atomic E-state index is 0.188. The molecule has 0 radical (unpaired) electrons. The molecule has 1 aromatic heterocycles. The first-order valence-electron chi connectivity index (χ1n) is 12.9. The van der Waals surface area contributed by atoms with E-state index in [1.165, 1.54) is 0 Å². The van der Waals surface area contributed by atoms with Crippen molar-refractivity contribution < 1.29 is 14.7 Å². The minimum Gasteiger partial charge on any atom is -0.478 e. The lowest BCUT2D eigenvalue weighted by atomic mass is 9.99. The van der Waals surface area contributed by atoms with Gasteiger partial charge in [-0.3, -0.25) is 4.79 Å². The number of amides is 1. The van der Waals surface area contributed by atoms with E-state index in [4.69, 9.17) is 23.2 Å². The molecule has 0 saturated heterocycles. The molecule has 202 valence electrons. The highest BCUT2D eigenvalue weighted by Crippen LogP contribution is 2.31. The lowest BCUT2D eigenvalue weighted by molar-refractivity contribution is 0.0697. The second-order valence-electron chi connectivity index (χ2n) is 9.91. The summed E-state index contributed by atoms with van der Waals surface area (Å²) in [5.41, 5.74) is 7.52. The Hall–Kier alpha value is -4.06. The minimum atomic E-state index is -0.944. The maximum absolute atomic E-state index is 13.1. The van der Waals surface area contributed by atoms with Gasteiger partial charge in [-0.1, -0.05) is 77.8 Å². The van der Waals surface area contributed by atoms with Crippen molar-refractivity contribution in [3.05, 3.63) is 128 Å². The van der Waals surface area contributed by atoms with Crippen molar-refractivity contribution in [1.82, 2.24) is 9.88 Å². The van der Waals surface area contributed by atoms with Gasteiger partial charge in [0.25, 0.3) is 5.91 Å². The monoisotopic (exact) mass is 570 g/mol. The maximum Gasteiger partial charge on any atom is 0.336 e. The van der Waals surface area contributed by atoms with Crippen LogP contribution in [0.15, 0.2) is 84.9 Å². The van der Waals surface area contributed by atoms with Crippen LogP contribution in [0.1, 0.15) is 56.1 Å². The number of aryl methyl sites for hydroxylation is 1. The quantitative estimate of drug-likeness (QED) is 0.206. The standard InChI is InChI=1S/C33H28Cl2N2O3/c1-19-21(3)37(18-22-11-13-23(14-12-22)26-7-4-5-8-27(26)33(39)40)30-16-15-24(17-28(19)30)32(38)36-20(2)25-9-6-10-29(34)31(25)35/h4-17,20H,18H2,1-3H3,(H,36,38)(H,39,40)/t20-/m1/s1. The highest BCUT2D eigenvalue weighted by atomic mass is 35.5. The highest BCUT2D eigenvalue weighted by Gasteiger charge is 2.18. The Balaban J connectivity index is 1.39. The summed E-state index contributed by atoms with van der Waals surface area (Å²) in [6, 6.07) is 25.8. The van der Waals surface area contributed by atoms with Gasteiger partial charge in [0.05, 0.1) is 21.7 Å². The second kappa shape index (κ2) is 11.2. The van der Waals surface area contributed by atoms with Crippen LogP contribution in [0, 0.1) is 13.8 Å². The van der Waals surface area contributed by atoms with Crippen molar-refractivity contribution in [2.45, 2.75) is 33.4 Å². The van der Waals surface area contributed by atoms with Gasteiger partial charge < -0.3 is 15.0 Å². The van der Waals surface area contributed by atoms with Gasteiger partial charge in [0.2, 0.25) is 0 Å². The van der Waals surface area contributed by atoms with Gasteiger partial charge in [0.15, 0.2) is 0 Å². The van der Waals surface area contributed by atoms with E-state index in [0.717, 1.165) is 38.9 Å². The van der Waals surface area contributed by atoms with Crippen molar-refractivity contribution in [2.75, 3.05) is 0 Å². The van der Waals surface area contributed by atoms with Crippen LogP contribution < -0.4 is 5.32 Å². The molecule has 0 aliphatic carbocycles. The number of carboxylic acids is 1. The molecular formula is C33H28Cl2N2O3. The Morgan fingerprint density at radius 1 is 0.925 bits per heavy atom. The summed E-state index contributed by atoms with van der Waals surface area (Å²) in [7, 11) is 0. The number of aromatic nitrogens is 1. The molecule has 1 atom stereocenters. The number of rotatable bonds is 7. The predicted octanol–water partition coefficient (Wildman–Crippen LogP) is 8.47. The summed E-state index contributed by atoms with van der Waals surface area (Å²) in [6.45, 7) is 6.67. The number of nitrogens with one attached hydrogen (secondary N) is 1. The third-order valence-electron chi connectivity index (χ3n) is 7.46. The number of aromatic carboxylic acids is 1. The van der Waals surface area contributed by atoms with Crippen LogP contribution in [0.3, 0.4) is 0 Å². The first kappa shape index (κ1) is 27.5. The Morgan fingerprint density at radius 3 is 2.38 bits per heavy atom. The van der Waals surface area contributed by atoms with E-state index in [1.54, 1.807) is 18.2 Å². The molecular weight excluding hydrogens is 543 g/mol. The fourth-order valence-electron chi connectivity index (χ4n) is 5.10.